The van der Waals surface area contributed by atoms with Crippen LogP contribution in [0.5, 0.6) is 5.75 Å². The first-order valence-corrected chi connectivity index (χ1v) is 6.33. The summed E-state index contributed by atoms with van der Waals surface area (Å²) in [6.07, 6.45) is 0. The Kier molecular flexibility index (Phi) is 3.13. The first-order chi connectivity index (χ1) is 9.78. The molecule has 0 aliphatic carbocycles. The number of nitrogens with two attached hydrogens (primary N) is 1. The molecule has 0 aliphatic heterocycles. The van der Waals surface area contributed by atoms with E-state index in [-0.39, 0.29) is 0 Å². The minimum Gasteiger partial charge on any atom is -0.497 e. The second-order valence-electron chi connectivity index (χ2n) is 4.44. The second-order valence-corrected chi connectivity index (χ2v) is 4.44. The number of hydrogen-bond donors (Lipinski definition) is 2. The molecule has 3 rings (SSSR count). The Morgan fingerprint density at radius 3 is 2.30 bits per heavy atom. The van der Waals surface area contributed by atoms with Gasteiger partial charge in [0.15, 0.2) is 5.95 Å². The molecule has 0 atom stereocenters. The summed E-state index contributed by atoms with van der Waals surface area (Å²) >= 11 is 0. The van der Waals surface area contributed by atoms with Crippen LogP contribution in [0.2, 0.25) is 0 Å². The number of H-pyrrole nitrogens is 1. The normalized spacial score (nSPS) is 10.4. The van der Waals surface area contributed by atoms with Gasteiger partial charge in [0.2, 0.25) is 0 Å². The number of aromatic amines is 1. The lowest BCUT2D eigenvalue weighted by molar-refractivity contribution is 0.415. The summed E-state index contributed by atoms with van der Waals surface area (Å²) in [6, 6.07) is 17.8. The van der Waals surface area contributed by atoms with Gasteiger partial charge < -0.3 is 15.5 Å². The Morgan fingerprint density at radius 1 is 0.950 bits per heavy atom. The van der Waals surface area contributed by atoms with Crippen LogP contribution in [-0.4, -0.2) is 17.1 Å². The van der Waals surface area contributed by atoms with Gasteiger partial charge in [-0.25, -0.2) is 4.98 Å². The molecule has 0 spiro atoms. The van der Waals surface area contributed by atoms with Crippen molar-refractivity contribution in [2.24, 2.45) is 0 Å². The van der Waals surface area contributed by atoms with E-state index in [1.165, 1.54) is 0 Å². The predicted molar refractivity (Wildman–Crippen MR) is 80.4 cm³/mol. The molecule has 1 aromatic heterocycles. The van der Waals surface area contributed by atoms with Gasteiger partial charge in [-0.15, -0.1) is 0 Å². The molecule has 0 saturated carbocycles. The molecule has 1 heterocycles. The van der Waals surface area contributed by atoms with E-state index in [4.69, 9.17) is 10.5 Å². The first kappa shape index (κ1) is 12.3. The van der Waals surface area contributed by atoms with Crippen molar-refractivity contribution < 1.29 is 4.74 Å². The van der Waals surface area contributed by atoms with E-state index in [1.54, 1.807) is 7.11 Å². The summed E-state index contributed by atoms with van der Waals surface area (Å²) in [5.74, 6) is 1.23. The highest BCUT2D eigenvalue weighted by atomic mass is 16.5. The van der Waals surface area contributed by atoms with Crippen molar-refractivity contribution in [3.63, 3.8) is 0 Å². The van der Waals surface area contributed by atoms with E-state index in [9.17, 15) is 0 Å². The van der Waals surface area contributed by atoms with Crippen molar-refractivity contribution in [2.45, 2.75) is 0 Å². The van der Waals surface area contributed by atoms with Crippen molar-refractivity contribution in [1.29, 1.82) is 0 Å². The van der Waals surface area contributed by atoms with Crippen LogP contribution >= 0.6 is 0 Å². The molecule has 3 aromatic rings. The largest absolute Gasteiger partial charge is 0.497 e. The Labute approximate surface area is 117 Å². The molecule has 20 heavy (non-hydrogen) atoms. The van der Waals surface area contributed by atoms with Crippen LogP contribution in [0, 0.1) is 0 Å². The van der Waals surface area contributed by atoms with Gasteiger partial charge in [0.05, 0.1) is 18.5 Å². The molecular formula is C16H15N3O. The van der Waals surface area contributed by atoms with E-state index in [0.29, 0.717) is 5.95 Å². The minimum absolute atomic E-state index is 0.412. The van der Waals surface area contributed by atoms with Gasteiger partial charge in [-0.1, -0.05) is 30.3 Å². The molecule has 0 radical (unpaired) electrons. The van der Waals surface area contributed by atoms with Crippen LogP contribution in [0.25, 0.3) is 22.5 Å². The quantitative estimate of drug-likeness (QED) is 0.763. The fourth-order valence-electron chi connectivity index (χ4n) is 2.16. The van der Waals surface area contributed by atoms with Crippen molar-refractivity contribution in [2.75, 3.05) is 12.8 Å². The van der Waals surface area contributed by atoms with Gasteiger partial charge in [-0.2, -0.15) is 0 Å². The van der Waals surface area contributed by atoms with E-state index in [0.717, 1.165) is 28.3 Å². The zero-order chi connectivity index (χ0) is 13.9. The molecule has 100 valence electrons. The highest BCUT2D eigenvalue weighted by Gasteiger charge is 2.12. The Balaban J connectivity index is 2.09. The number of ether oxygens (including phenoxy) is 1. The molecule has 0 aliphatic rings. The Hall–Kier alpha value is -2.75. The number of imidazole rings is 1. The summed E-state index contributed by atoms with van der Waals surface area (Å²) in [5.41, 5.74) is 9.64. The number of methoxy groups -OCH3 is 1. The molecule has 4 heteroatoms. The molecular weight excluding hydrogens is 250 g/mol. The summed E-state index contributed by atoms with van der Waals surface area (Å²) in [6.45, 7) is 0. The highest BCUT2D eigenvalue weighted by Crippen LogP contribution is 2.31. The van der Waals surface area contributed by atoms with Gasteiger partial charge >= 0.3 is 0 Å². The first-order valence-electron chi connectivity index (χ1n) is 6.33. The van der Waals surface area contributed by atoms with Crippen LogP contribution in [0.1, 0.15) is 0 Å². The van der Waals surface area contributed by atoms with E-state index < -0.39 is 0 Å². The second kappa shape index (κ2) is 5.09. The number of nitrogens with one attached hydrogen (secondary N) is 1. The monoisotopic (exact) mass is 265 g/mol. The van der Waals surface area contributed by atoms with Gasteiger partial charge in [-0.3, -0.25) is 0 Å². The lowest BCUT2D eigenvalue weighted by Crippen LogP contribution is -1.86. The molecule has 4 nitrogen and oxygen atoms in total. The van der Waals surface area contributed by atoms with Crippen molar-refractivity contribution in [1.82, 2.24) is 9.97 Å². The van der Waals surface area contributed by atoms with E-state index >= 15 is 0 Å². The number of nitrogens with zero attached hydrogens (tertiary/aromatic N) is 1. The summed E-state index contributed by atoms with van der Waals surface area (Å²) in [4.78, 5) is 7.51. The molecule has 0 amide bonds. The maximum absolute atomic E-state index is 5.82. The highest BCUT2D eigenvalue weighted by molar-refractivity contribution is 5.79. The Morgan fingerprint density at radius 2 is 1.65 bits per heavy atom. The number of aromatic nitrogens is 2. The fraction of sp³-hybridized carbons (Fsp3) is 0.0625. The maximum atomic E-state index is 5.82. The zero-order valence-electron chi connectivity index (χ0n) is 11.1. The average molecular weight is 265 g/mol. The topological polar surface area (TPSA) is 63.9 Å². The van der Waals surface area contributed by atoms with Crippen LogP contribution in [0.15, 0.2) is 54.6 Å². The van der Waals surface area contributed by atoms with Crippen LogP contribution < -0.4 is 10.5 Å². The van der Waals surface area contributed by atoms with Crippen LogP contribution in [0.3, 0.4) is 0 Å². The summed E-state index contributed by atoms with van der Waals surface area (Å²) in [5, 5.41) is 0. The van der Waals surface area contributed by atoms with E-state index in [2.05, 4.69) is 9.97 Å². The van der Waals surface area contributed by atoms with Crippen LogP contribution in [-0.2, 0) is 0 Å². The van der Waals surface area contributed by atoms with Gasteiger partial charge in [-0.05, 0) is 24.3 Å². The number of hydrogen-bond acceptors (Lipinski definition) is 3. The number of benzene rings is 2. The third-order valence-electron chi connectivity index (χ3n) is 3.15. The number of nitrogen functional groups attached to an aromatic ring is 1. The van der Waals surface area contributed by atoms with Crippen molar-refractivity contribution in [3.8, 4) is 28.3 Å². The van der Waals surface area contributed by atoms with Gasteiger partial charge in [0.1, 0.15) is 5.75 Å². The molecule has 0 bridgehead atoms. The lowest BCUT2D eigenvalue weighted by atomic mass is 10.1. The molecule has 2 aromatic carbocycles. The predicted octanol–water partition coefficient (Wildman–Crippen LogP) is 3.33. The third-order valence-corrected chi connectivity index (χ3v) is 3.15. The van der Waals surface area contributed by atoms with Gasteiger partial charge in [0.25, 0.3) is 0 Å². The Bertz CT molecular complexity index is 702. The summed E-state index contributed by atoms with van der Waals surface area (Å²) in [7, 11) is 1.65. The van der Waals surface area contributed by atoms with Gasteiger partial charge in [0, 0.05) is 11.1 Å². The standard InChI is InChI=1S/C16H15N3O/c1-20-13-9-7-12(8-10-13)15-14(18-16(17)19-15)11-5-3-2-4-6-11/h2-10H,1H3,(H3,17,18,19). The van der Waals surface area contributed by atoms with Crippen LogP contribution in [0.4, 0.5) is 5.95 Å². The molecule has 0 unspecified atom stereocenters. The van der Waals surface area contributed by atoms with Crippen molar-refractivity contribution in [3.05, 3.63) is 54.6 Å². The average Bonchev–Trinajstić information content (AvgIpc) is 2.90. The lowest BCUT2D eigenvalue weighted by Gasteiger charge is -2.04. The molecule has 0 saturated heterocycles. The smallest absolute Gasteiger partial charge is 0.198 e. The third kappa shape index (κ3) is 2.23. The zero-order valence-corrected chi connectivity index (χ0v) is 11.1. The summed E-state index contributed by atoms with van der Waals surface area (Å²) < 4.78 is 5.17. The number of rotatable bonds is 3. The molecule has 3 N–H and O–H groups in total. The fourth-order valence-corrected chi connectivity index (χ4v) is 2.16. The number of anilines is 1. The van der Waals surface area contributed by atoms with Crippen molar-refractivity contribution >= 4 is 5.95 Å². The SMILES string of the molecule is COc1ccc(-c2[nH]c(N)nc2-c2ccccc2)cc1. The molecule has 0 fully saturated rings. The maximum Gasteiger partial charge on any atom is 0.198 e. The van der Waals surface area contributed by atoms with E-state index in [1.807, 2.05) is 54.6 Å². The minimum atomic E-state index is 0.412.